The van der Waals surface area contributed by atoms with Crippen molar-refractivity contribution < 1.29 is 14.7 Å². The molecule has 1 atom stereocenters. The smallest absolute Gasteiger partial charge is 0.320 e. The van der Waals surface area contributed by atoms with Gasteiger partial charge >= 0.3 is 5.97 Å². The number of rotatable bonds is 8. The van der Waals surface area contributed by atoms with Crippen molar-refractivity contribution >= 4 is 11.9 Å². The van der Waals surface area contributed by atoms with Crippen LogP contribution in [0.15, 0.2) is 0 Å². The van der Waals surface area contributed by atoms with Gasteiger partial charge in [-0.3, -0.25) is 14.5 Å². The lowest BCUT2D eigenvalue weighted by molar-refractivity contribution is -0.143. The molecule has 0 bridgehead atoms. The highest BCUT2D eigenvalue weighted by molar-refractivity contribution is 5.80. The summed E-state index contributed by atoms with van der Waals surface area (Å²) in [6.45, 7) is 5.96. The van der Waals surface area contributed by atoms with Crippen LogP contribution in [-0.2, 0) is 9.59 Å². The SMILES string of the molecule is CCC(CC)NC(=O)CN(C)C(CC)C(=O)O. The van der Waals surface area contributed by atoms with E-state index in [4.69, 9.17) is 5.11 Å². The van der Waals surface area contributed by atoms with Gasteiger partial charge in [-0.15, -0.1) is 0 Å². The Morgan fingerprint density at radius 3 is 2.06 bits per heavy atom. The Balaban J connectivity index is 4.23. The molecule has 0 aromatic carbocycles. The summed E-state index contributed by atoms with van der Waals surface area (Å²) in [6, 6.07) is -0.414. The van der Waals surface area contributed by atoms with Gasteiger partial charge in [0.1, 0.15) is 6.04 Å². The van der Waals surface area contributed by atoms with E-state index >= 15 is 0 Å². The van der Waals surface area contributed by atoms with E-state index in [1.54, 1.807) is 18.9 Å². The standard InChI is InChI=1S/C12H24N2O3/c1-5-9(6-2)13-11(15)8-14(4)10(7-3)12(16)17/h9-10H,5-8H2,1-4H3,(H,13,15)(H,16,17). The Hall–Kier alpha value is -1.10. The third-order valence-electron chi connectivity index (χ3n) is 2.95. The highest BCUT2D eigenvalue weighted by Gasteiger charge is 2.22. The average molecular weight is 244 g/mol. The van der Waals surface area contributed by atoms with Crippen LogP contribution in [0.1, 0.15) is 40.0 Å². The van der Waals surface area contributed by atoms with E-state index in [-0.39, 0.29) is 18.5 Å². The van der Waals surface area contributed by atoms with Gasteiger partial charge in [-0.1, -0.05) is 20.8 Å². The number of likely N-dealkylation sites (N-methyl/N-ethyl adjacent to an activating group) is 1. The fourth-order valence-corrected chi connectivity index (χ4v) is 1.78. The first-order valence-electron chi connectivity index (χ1n) is 6.18. The zero-order chi connectivity index (χ0) is 13.4. The van der Waals surface area contributed by atoms with Crippen molar-refractivity contribution in [2.24, 2.45) is 0 Å². The molecule has 0 fully saturated rings. The van der Waals surface area contributed by atoms with Crippen LogP contribution in [0.3, 0.4) is 0 Å². The molecule has 0 heterocycles. The highest BCUT2D eigenvalue weighted by atomic mass is 16.4. The van der Waals surface area contributed by atoms with Crippen LogP contribution < -0.4 is 5.32 Å². The monoisotopic (exact) mass is 244 g/mol. The summed E-state index contributed by atoms with van der Waals surface area (Å²) in [6.07, 6.45) is 2.27. The fraction of sp³-hybridized carbons (Fsp3) is 0.833. The Morgan fingerprint density at radius 2 is 1.71 bits per heavy atom. The van der Waals surface area contributed by atoms with Gasteiger partial charge in [0.15, 0.2) is 0 Å². The van der Waals surface area contributed by atoms with Crippen molar-refractivity contribution in [1.82, 2.24) is 10.2 Å². The number of carbonyl (C=O) groups excluding carboxylic acids is 1. The fourth-order valence-electron chi connectivity index (χ4n) is 1.78. The van der Waals surface area contributed by atoms with Crippen LogP contribution in [0.4, 0.5) is 0 Å². The molecule has 17 heavy (non-hydrogen) atoms. The summed E-state index contributed by atoms with van der Waals surface area (Å²) in [7, 11) is 1.66. The summed E-state index contributed by atoms with van der Waals surface area (Å²) >= 11 is 0. The van der Waals surface area contributed by atoms with Crippen molar-refractivity contribution in [3.63, 3.8) is 0 Å². The lowest BCUT2D eigenvalue weighted by Crippen LogP contribution is -2.46. The first kappa shape index (κ1) is 15.9. The number of hydrogen-bond donors (Lipinski definition) is 2. The second-order valence-corrected chi connectivity index (χ2v) is 4.26. The molecule has 1 amide bonds. The minimum atomic E-state index is -0.884. The van der Waals surface area contributed by atoms with E-state index in [0.29, 0.717) is 6.42 Å². The molecular weight excluding hydrogens is 220 g/mol. The molecule has 0 rings (SSSR count). The minimum absolute atomic E-state index is 0.110. The van der Waals surface area contributed by atoms with Crippen molar-refractivity contribution in [3.05, 3.63) is 0 Å². The molecular formula is C12H24N2O3. The minimum Gasteiger partial charge on any atom is -0.480 e. The largest absolute Gasteiger partial charge is 0.480 e. The summed E-state index contributed by atoms with van der Waals surface area (Å²) in [5.74, 6) is -0.994. The number of nitrogens with zero attached hydrogens (tertiary/aromatic N) is 1. The number of aliphatic carboxylic acids is 1. The first-order valence-corrected chi connectivity index (χ1v) is 6.18. The van der Waals surface area contributed by atoms with Crippen molar-refractivity contribution in [2.75, 3.05) is 13.6 Å². The molecule has 0 radical (unpaired) electrons. The molecule has 1 unspecified atom stereocenters. The summed E-state index contributed by atoms with van der Waals surface area (Å²) < 4.78 is 0. The maximum Gasteiger partial charge on any atom is 0.320 e. The lowest BCUT2D eigenvalue weighted by Gasteiger charge is -2.24. The van der Waals surface area contributed by atoms with Crippen LogP contribution >= 0.6 is 0 Å². The van der Waals surface area contributed by atoms with E-state index < -0.39 is 12.0 Å². The van der Waals surface area contributed by atoms with Crippen molar-refractivity contribution in [3.8, 4) is 0 Å². The summed E-state index contributed by atoms with van der Waals surface area (Å²) in [5.41, 5.74) is 0. The number of nitrogens with one attached hydrogen (secondary N) is 1. The van der Waals surface area contributed by atoms with Crippen LogP contribution in [0.5, 0.6) is 0 Å². The third kappa shape index (κ3) is 5.68. The third-order valence-corrected chi connectivity index (χ3v) is 2.95. The van der Waals surface area contributed by atoms with Gasteiger partial charge in [-0.25, -0.2) is 0 Å². The zero-order valence-electron chi connectivity index (χ0n) is 11.2. The molecule has 2 N–H and O–H groups in total. The molecule has 0 aliphatic carbocycles. The normalized spacial score (nSPS) is 12.8. The Morgan fingerprint density at radius 1 is 1.18 bits per heavy atom. The van der Waals surface area contributed by atoms with E-state index in [9.17, 15) is 9.59 Å². The molecule has 0 aromatic rings. The molecule has 0 saturated carbocycles. The predicted molar refractivity (Wildman–Crippen MR) is 66.9 cm³/mol. The van der Waals surface area contributed by atoms with Crippen LogP contribution in [0.25, 0.3) is 0 Å². The molecule has 5 nitrogen and oxygen atoms in total. The molecule has 100 valence electrons. The topological polar surface area (TPSA) is 69.6 Å². The van der Waals surface area contributed by atoms with Crippen LogP contribution in [-0.4, -0.2) is 47.6 Å². The quantitative estimate of drug-likeness (QED) is 0.670. The molecule has 0 spiro atoms. The van der Waals surface area contributed by atoms with E-state index in [0.717, 1.165) is 12.8 Å². The van der Waals surface area contributed by atoms with Crippen LogP contribution in [0, 0.1) is 0 Å². The summed E-state index contributed by atoms with van der Waals surface area (Å²) in [5, 5.41) is 11.8. The van der Waals surface area contributed by atoms with Crippen molar-refractivity contribution in [2.45, 2.75) is 52.1 Å². The number of carbonyl (C=O) groups is 2. The van der Waals surface area contributed by atoms with Crippen molar-refractivity contribution in [1.29, 1.82) is 0 Å². The number of amides is 1. The highest BCUT2D eigenvalue weighted by Crippen LogP contribution is 2.02. The number of hydrogen-bond acceptors (Lipinski definition) is 3. The second kappa shape index (κ2) is 8.06. The maximum absolute atomic E-state index is 11.7. The number of carboxylic acid groups (broad SMARTS) is 1. The predicted octanol–water partition coefficient (Wildman–Crippen LogP) is 1.09. The second-order valence-electron chi connectivity index (χ2n) is 4.26. The Labute approximate surface area is 103 Å². The Bertz CT molecular complexity index is 252. The zero-order valence-corrected chi connectivity index (χ0v) is 11.2. The van der Waals surface area contributed by atoms with Gasteiger partial charge < -0.3 is 10.4 Å². The van der Waals surface area contributed by atoms with E-state index in [1.807, 2.05) is 13.8 Å². The average Bonchev–Trinajstić information content (AvgIpc) is 2.26. The van der Waals surface area contributed by atoms with Gasteiger partial charge in [0.05, 0.1) is 6.54 Å². The van der Waals surface area contributed by atoms with Gasteiger partial charge in [0.2, 0.25) is 5.91 Å². The van der Waals surface area contributed by atoms with Gasteiger partial charge in [0.25, 0.3) is 0 Å². The number of carboxylic acids is 1. The van der Waals surface area contributed by atoms with Gasteiger partial charge in [-0.05, 0) is 26.3 Å². The first-order chi connectivity index (χ1) is 7.96. The van der Waals surface area contributed by atoms with Crippen LogP contribution in [0.2, 0.25) is 0 Å². The molecule has 0 aliphatic rings. The lowest BCUT2D eigenvalue weighted by atomic mass is 10.1. The maximum atomic E-state index is 11.7. The Kier molecular flexibility index (Phi) is 7.54. The van der Waals surface area contributed by atoms with E-state index in [1.165, 1.54) is 0 Å². The molecule has 0 aromatic heterocycles. The molecule has 0 aliphatic heterocycles. The molecule has 5 heteroatoms. The van der Waals surface area contributed by atoms with Gasteiger partial charge in [-0.2, -0.15) is 0 Å². The van der Waals surface area contributed by atoms with E-state index in [2.05, 4.69) is 5.32 Å². The van der Waals surface area contributed by atoms with Gasteiger partial charge in [0, 0.05) is 6.04 Å². The molecule has 0 saturated heterocycles. The summed E-state index contributed by atoms with van der Waals surface area (Å²) in [4.78, 5) is 24.2.